The lowest BCUT2D eigenvalue weighted by Gasteiger charge is -2.02. The third kappa shape index (κ3) is 2.30. The molecule has 0 saturated heterocycles. The zero-order valence-electron chi connectivity index (χ0n) is 7.70. The van der Waals surface area contributed by atoms with Crippen LogP contribution in [-0.4, -0.2) is 17.1 Å². The lowest BCUT2D eigenvalue weighted by atomic mass is 10.3. The number of pyridine rings is 1. The monoisotopic (exact) mass is 304 g/mol. The van der Waals surface area contributed by atoms with Crippen LogP contribution in [0.5, 0.6) is 5.75 Å². The quantitative estimate of drug-likeness (QED) is 0.795. The predicted octanol–water partition coefficient (Wildman–Crippen LogP) is 3.63. The van der Waals surface area contributed by atoms with Crippen LogP contribution in [0.2, 0.25) is 4.34 Å². The van der Waals surface area contributed by atoms with Gasteiger partial charge in [-0.05, 0) is 28.1 Å². The van der Waals surface area contributed by atoms with Crippen molar-refractivity contribution in [3.63, 3.8) is 0 Å². The highest BCUT2D eigenvalue weighted by Gasteiger charge is 2.08. The van der Waals surface area contributed by atoms with Gasteiger partial charge in [0.2, 0.25) is 0 Å². The molecule has 0 spiro atoms. The largest absolute Gasteiger partial charge is 0.494 e. The van der Waals surface area contributed by atoms with Crippen LogP contribution in [0.15, 0.2) is 22.9 Å². The number of ether oxygens (including phenoxy) is 1. The Morgan fingerprint density at radius 1 is 1.47 bits per heavy atom. The van der Waals surface area contributed by atoms with E-state index in [0.717, 1.165) is 10.7 Å². The van der Waals surface area contributed by atoms with Gasteiger partial charge in [-0.1, -0.05) is 11.6 Å². The van der Waals surface area contributed by atoms with Crippen molar-refractivity contribution in [2.24, 2.45) is 0 Å². The zero-order chi connectivity index (χ0) is 10.8. The molecule has 78 valence electrons. The topological polar surface area (TPSA) is 35.0 Å². The number of hydrogen-bond acceptors (Lipinski definition) is 4. The third-order valence-electron chi connectivity index (χ3n) is 1.73. The van der Waals surface area contributed by atoms with E-state index >= 15 is 0 Å². The Kier molecular flexibility index (Phi) is 3.23. The maximum atomic E-state index is 5.80. The minimum absolute atomic E-state index is 0.652. The molecule has 15 heavy (non-hydrogen) atoms. The fraction of sp³-hybridized carbons (Fsp3) is 0.111. The van der Waals surface area contributed by atoms with E-state index in [-0.39, 0.29) is 0 Å². The van der Waals surface area contributed by atoms with Crippen molar-refractivity contribution in [3.05, 3.63) is 27.3 Å². The second-order valence-electron chi connectivity index (χ2n) is 2.66. The minimum atomic E-state index is 0.652. The second kappa shape index (κ2) is 4.47. The molecule has 0 bridgehead atoms. The van der Waals surface area contributed by atoms with Crippen LogP contribution in [0, 0.1) is 0 Å². The molecule has 0 saturated carbocycles. The van der Waals surface area contributed by atoms with Gasteiger partial charge >= 0.3 is 0 Å². The van der Waals surface area contributed by atoms with Crippen molar-refractivity contribution in [2.45, 2.75) is 0 Å². The number of halogens is 2. The Bertz CT molecular complexity index is 489. The first kappa shape index (κ1) is 10.9. The molecule has 0 fully saturated rings. The molecule has 0 aliphatic rings. The molecule has 6 heteroatoms. The van der Waals surface area contributed by atoms with E-state index in [2.05, 4.69) is 25.9 Å². The molecule has 0 N–H and O–H groups in total. The number of thiazole rings is 1. The fourth-order valence-electron chi connectivity index (χ4n) is 1.07. The van der Waals surface area contributed by atoms with Gasteiger partial charge in [0.25, 0.3) is 0 Å². The normalized spacial score (nSPS) is 10.3. The fourth-order valence-corrected chi connectivity index (χ4v) is 2.43. The summed E-state index contributed by atoms with van der Waals surface area (Å²) in [7, 11) is 1.60. The Morgan fingerprint density at radius 3 is 2.80 bits per heavy atom. The summed E-state index contributed by atoms with van der Waals surface area (Å²) in [4.78, 5) is 8.45. The Morgan fingerprint density at radius 2 is 2.27 bits per heavy atom. The molecular weight excluding hydrogens is 300 g/mol. The maximum Gasteiger partial charge on any atom is 0.151 e. The molecule has 0 unspecified atom stereocenters. The van der Waals surface area contributed by atoms with Crippen LogP contribution in [0.1, 0.15) is 0 Å². The molecule has 0 atom stereocenters. The highest BCUT2D eigenvalue weighted by Crippen LogP contribution is 2.30. The van der Waals surface area contributed by atoms with E-state index in [1.807, 2.05) is 12.1 Å². The average molecular weight is 306 g/mol. The summed E-state index contributed by atoms with van der Waals surface area (Å²) in [5.74, 6) is 0.696. The molecule has 0 aromatic carbocycles. The number of hydrogen-bond donors (Lipinski definition) is 0. The van der Waals surface area contributed by atoms with Gasteiger partial charge in [0.1, 0.15) is 19.6 Å². The van der Waals surface area contributed by atoms with Crippen LogP contribution >= 0.6 is 38.9 Å². The summed E-state index contributed by atoms with van der Waals surface area (Å²) in [5.41, 5.74) is 0.777. The van der Waals surface area contributed by atoms with Crippen LogP contribution in [0.4, 0.5) is 0 Å². The molecule has 2 rings (SSSR count). The van der Waals surface area contributed by atoms with E-state index in [1.165, 1.54) is 11.3 Å². The number of aromatic nitrogens is 2. The maximum absolute atomic E-state index is 5.80. The molecule has 2 aromatic heterocycles. The van der Waals surface area contributed by atoms with Crippen molar-refractivity contribution in [1.29, 1.82) is 0 Å². The van der Waals surface area contributed by atoms with E-state index in [1.54, 1.807) is 13.3 Å². The number of methoxy groups -OCH3 is 1. The summed E-state index contributed by atoms with van der Waals surface area (Å²) < 4.78 is 6.40. The van der Waals surface area contributed by atoms with Gasteiger partial charge in [0, 0.05) is 0 Å². The predicted molar refractivity (Wildman–Crippen MR) is 64.6 cm³/mol. The smallest absolute Gasteiger partial charge is 0.151 e. The van der Waals surface area contributed by atoms with E-state index < -0.39 is 0 Å². The van der Waals surface area contributed by atoms with Crippen molar-refractivity contribution in [3.8, 4) is 16.5 Å². The van der Waals surface area contributed by atoms with Crippen molar-refractivity contribution in [2.75, 3.05) is 7.11 Å². The summed E-state index contributed by atoms with van der Waals surface area (Å²) >= 11 is 10.5. The number of rotatable bonds is 2. The van der Waals surface area contributed by atoms with Crippen molar-refractivity contribution >= 4 is 38.9 Å². The van der Waals surface area contributed by atoms with Crippen LogP contribution < -0.4 is 4.74 Å². The highest BCUT2D eigenvalue weighted by atomic mass is 79.9. The first-order valence-corrected chi connectivity index (χ1v) is 6.01. The van der Waals surface area contributed by atoms with Gasteiger partial charge in [-0.15, -0.1) is 11.3 Å². The standard InChI is InChI=1S/C9H6BrClN2OS/c1-14-6-3-2-5(13-8(6)10)9-12-4-7(11)15-9/h2-4H,1H3. The summed E-state index contributed by atoms with van der Waals surface area (Å²) in [6.45, 7) is 0. The van der Waals surface area contributed by atoms with Crippen LogP contribution in [0.25, 0.3) is 10.7 Å². The SMILES string of the molecule is COc1ccc(-c2ncc(Cl)s2)nc1Br. The molecular formula is C9H6BrClN2OS. The van der Waals surface area contributed by atoms with Gasteiger partial charge in [0.05, 0.1) is 13.3 Å². The van der Waals surface area contributed by atoms with Gasteiger partial charge < -0.3 is 4.74 Å². The van der Waals surface area contributed by atoms with E-state index in [9.17, 15) is 0 Å². The summed E-state index contributed by atoms with van der Waals surface area (Å²) in [6, 6.07) is 3.68. The van der Waals surface area contributed by atoms with Gasteiger partial charge in [-0.2, -0.15) is 0 Å². The molecule has 0 aliphatic heterocycles. The summed E-state index contributed by atoms with van der Waals surface area (Å²) in [5, 5.41) is 0.795. The highest BCUT2D eigenvalue weighted by molar-refractivity contribution is 9.10. The second-order valence-corrected chi connectivity index (χ2v) is 5.07. The third-order valence-corrected chi connectivity index (χ3v) is 3.44. The molecule has 0 radical (unpaired) electrons. The Labute approximate surface area is 104 Å². The first-order valence-electron chi connectivity index (χ1n) is 4.03. The number of nitrogens with zero attached hydrogens (tertiary/aromatic N) is 2. The van der Waals surface area contributed by atoms with Crippen molar-refractivity contribution in [1.82, 2.24) is 9.97 Å². The average Bonchev–Trinajstić information content (AvgIpc) is 2.65. The van der Waals surface area contributed by atoms with E-state index in [0.29, 0.717) is 14.7 Å². The lowest BCUT2D eigenvalue weighted by Crippen LogP contribution is -1.89. The zero-order valence-corrected chi connectivity index (χ0v) is 10.9. The van der Waals surface area contributed by atoms with Gasteiger partial charge in [-0.25, -0.2) is 9.97 Å². The molecule has 0 amide bonds. The van der Waals surface area contributed by atoms with Crippen molar-refractivity contribution < 1.29 is 4.74 Å². The molecule has 2 heterocycles. The summed E-state index contributed by atoms with van der Waals surface area (Å²) in [6.07, 6.45) is 1.61. The minimum Gasteiger partial charge on any atom is -0.494 e. The lowest BCUT2D eigenvalue weighted by molar-refractivity contribution is 0.410. The van der Waals surface area contributed by atoms with Crippen LogP contribution in [-0.2, 0) is 0 Å². The molecule has 3 nitrogen and oxygen atoms in total. The molecule has 0 aliphatic carbocycles. The Balaban J connectivity index is 2.42. The molecule has 2 aromatic rings. The Hall–Kier alpha value is -0.650. The van der Waals surface area contributed by atoms with Gasteiger partial charge in [-0.3, -0.25) is 0 Å². The van der Waals surface area contributed by atoms with Crippen LogP contribution in [0.3, 0.4) is 0 Å². The van der Waals surface area contributed by atoms with E-state index in [4.69, 9.17) is 16.3 Å². The van der Waals surface area contributed by atoms with Gasteiger partial charge in [0.15, 0.2) is 5.75 Å². The first-order chi connectivity index (χ1) is 7.20.